The number of ether oxygens (including phenoxy) is 3. The van der Waals surface area contributed by atoms with E-state index in [2.05, 4.69) is 11.3 Å². The van der Waals surface area contributed by atoms with Crippen LogP contribution in [0, 0.1) is 5.41 Å². The van der Waals surface area contributed by atoms with Crippen molar-refractivity contribution in [3.63, 3.8) is 0 Å². The van der Waals surface area contributed by atoms with Crippen LogP contribution in [-0.4, -0.2) is 70.7 Å². The Kier molecular flexibility index (Phi) is 11.9. The van der Waals surface area contributed by atoms with E-state index >= 15 is 0 Å². The molecule has 0 bridgehead atoms. The molecular weight excluding hydrogens is 532 g/mol. The maximum atomic E-state index is 13.0. The van der Waals surface area contributed by atoms with Gasteiger partial charge in [-0.2, -0.15) is 0 Å². The highest BCUT2D eigenvalue weighted by Gasteiger charge is 2.46. The first kappa shape index (κ1) is 33.3. The molecule has 2 N–H and O–H groups in total. The summed E-state index contributed by atoms with van der Waals surface area (Å²) in [5, 5.41) is 19.2. The van der Waals surface area contributed by atoms with Gasteiger partial charge in [-0.25, -0.2) is 4.79 Å². The maximum absolute atomic E-state index is 13.0. The average molecular weight is 571 g/mol. The van der Waals surface area contributed by atoms with Crippen molar-refractivity contribution in [2.24, 2.45) is 5.41 Å². The topological polar surface area (TPSA) is 154 Å². The van der Waals surface area contributed by atoms with Crippen LogP contribution in [-0.2, 0) is 38.2 Å². The van der Waals surface area contributed by atoms with Crippen LogP contribution < -0.4 is 0 Å². The number of allylic oxidation sites excluding steroid dienone is 10. The lowest BCUT2D eigenvalue weighted by Gasteiger charge is -2.36. The van der Waals surface area contributed by atoms with Gasteiger partial charge >= 0.3 is 17.9 Å². The van der Waals surface area contributed by atoms with Crippen LogP contribution in [0.25, 0.3) is 0 Å². The Morgan fingerprint density at radius 1 is 1.10 bits per heavy atom. The number of aliphatic hydroxyl groups excluding tert-OH is 2. The predicted octanol–water partition coefficient (Wildman–Crippen LogP) is 2.94. The van der Waals surface area contributed by atoms with E-state index in [1.165, 1.54) is 0 Å². The Morgan fingerprint density at radius 2 is 1.73 bits per heavy atom. The summed E-state index contributed by atoms with van der Waals surface area (Å²) in [6.45, 7) is 12.5. The molecule has 1 heterocycles. The van der Waals surface area contributed by atoms with Gasteiger partial charge in [-0.1, -0.05) is 74.1 Å². The molecule has 1 fully saturated rings. The molecule has 0 aromatic carbocycles. The number of aliphatic hydroxyl groups is 2. The highest BCUT2D eigenvalue weighted by atomic mass is 16.6. The third kappa shape index (κ3) is 9.33. The molecule has 2 rings (SSSR count). The van der Waals surface area contributed by atoms with Crippen molar-refractivity contribution in [3.8, 4) is 0 Å². The van der Waals surface area contributed by atoms with Crippen molar-refractivity contribution in [2.75, 3.05) is 6.61 Å². The van der Waals surface area contributed by atoms with Gasteiger partial charge in [-0.15, -0.1) is 0 Å². The molecule has 0 aromatic rings. The zero-order chi connectivity index (χ0) is 30.9. The van der Waals surface area contributed by atoms with E-state index < -0.39 is 66.5 Å². The quantitative estimate of drug-likeness (QED) is 0.155. The van der Waals surface area contributed by atoms with Gasteiger partial charge in [0.05, 0.1) is 12.8 Å². The molecule has 41 heavy (non-hydrogen) atoms. The van der Waals surface area contributed by atoms with Crippen molar-refractivity contribution in [2.45, 2.75) is 78.3 Å². The van der Waals surface area contributed by atoms with Gasteiger partial charge < -0.3 is 24.4 Å². The lowest BCUT2D eigenvalue weighted by atomic mass is 9.71. The largest absolute Gasteiger partial charge is 0.463 e. The second-order valence-corrected chi connectivity index (χ2v) is 10.6. The fraction of sp³-hybridized carbons (Fsp3) is 0.452. The number of hydrogen-bond donors (Lipinski definition) is 2. The first-order valence-electron chi connectivity index (χ1n) is 13.2. The SMILES string of the molecule is C=CC=C(C)C=CC=C(C)C=CC1=C(C)C(=O)C(OC(=O)CCC(=O)OC[C@H](O)[C@H]2OC(=O)C(O)C2=O)CC1(C)C. The van der Waals surface area contributed by atoms with Crippen molar-refractivity contribution < 1.29 is 48.4 Å². The summed E-state index contributed by atoms with van der Waals surface area (Å²) < 4.78 is 14.8. The molecule has 0 amide bonds. The number of Topliss-reactive ketones (excluding diaryl/α,β-unsaturated/α-hetero) is 2. The highest BCUT2D eigenvalue weighted by molar-refractivity contribution is 6.09. The zero-order valence-corrected chi connectivity index (χ0v) is 24.0. The summed E-state index contributed by atoms with van der Waals surface area (Å²) in [7, 11) is 0. The molecule has 1 aliphatic heterocycles. The lowest BCUT2D eigenvalue weighted by Crippen LogP contribution is -2.39. The molecule has 1 aliphatic carbocycles. The van der Waals surface area contributed by atoms with Gasteiger partial charge in [0.1, 0.15) is 12.7 Å². The van der Waals surface area contributed by atoms with Gasteiger partial charge in [0, 0.05) is 6.42 Å². The van der Waals surface area contributed by atoms with E-state index in [1.807, 2.05) is 64.2 Å². The molecule has 0 saturated carbocycles. The van der Waals surface area contributed by atoms with Crippen LogP contribution in [0.2, 0.25) is 0 Å². The van der Waals surface area contributed by atoms with Gasteiger partial charge in [0.15, 0.2) is 18.0 Å². The van der Waals surface area contributed by atoms with Crippen LogP contribution in [0.15, 0.2) is 71.4 Å². The lowest BCUT2D eigenvalue weighted by molar-refractivity contribution is -0.160. The molecule has 0 aromatic heterocycles. The molecule has 2 unspecified atom stereocenters. The number of carbonyl (C=O) groups is 5. The summed E-state index contributed by atoms with van der Waals surface area (Å²) in [6.07, 6.45) is 6.49. The minimum absolute atomic E-state index is 0.263. The number of cyclic esters (lactones) is 1. The molecule has 222 valence electrons. The van der Waals surface area contributed by atoms with Crippen LogP contribution in [0.1, 0.15) is 53.9 Å². The van der Waals surface area contributed by atoms with Gasteiger partial charge in [-0.05, 0) is 37.3 Å². The predicted molar refractivity (Wildman–Crippen MR) is 149 cm³/mol. The van der Waals surface area contributed by atoms with Gasteiger partial charge in [0.2, 0.25) is 11.9 Å². The number of carbonyl (C=O) groups excluding carboxylic acids is 5. The van der Waals surface area contributed by atoms with Crippen LogP contribution in [0.5, 0.6) is 0 Å². The van der Waals surface area contributed by atoms with Crippen molar-refractivity contribution in [1.82, 2.24) is 0 Å². The fourth-order valence-corrected chi connectivity index (χ4v) is 4.40. The van der Waals surface area contributed by atoms with E-state index in [0.717, 1.165) is 16.7 Å². The Hall–Kier alpha value is -3.89. The molecule has 4 atom stereocenters. The van der Waals surface area contributed by atoms with Crippen molar-refractivity contribution in [3.05, 3.63) is 71.4 Å². The second kappa shape index (κ2) is 14.7. The monoisotopic (exact) mass is 570 g/mol. The summed E-state index contributed by atoms with van der Waals surface area (Å²) in [6, 6.07) is 0. The van der Waals surface area contributed by atoms with Crippen LogP contribution >= 0.6 is 0 Å². The normalized spacial score (nSPS) is 24.2. The van der Waals surface area contributed by atoms with Crippen molar-refractivity contribution >= 4 is 29.5 Å². The number of rotatable bonds is 12. The summed E-state index contributed by atoms with van der Waals surface area (Å²) in [5.74, 6) is -4.17. The molecule has 10 nitrogen and oxygen atoms in total. The second-order valence-electron chi connectivity index (χ2n) is 10.6. The number of esters is 3. The molecule has 2 aliphatic rings. The fourth-order valence-electron chi connectivity index (χ4n) is 4.40. The average Bonchev–Trinajstić information content (AvgIpc) is 3.16. The minimum Gasteiger partial charge on any atom is -0.463 e. The third-order valence-corrected chi connectivity index (χ3v) is 6.69. The first-order chi connectivity index (χ1) is 19.2. The summed E-state index contributed by atoms with van der Waals surface area (Å²) in [5.41, 5.74) is 2.91. The molecule has 0 spiro atoms. The van der Waals surface area contributed by atoms with Crippen LogP contribution in [0.4, 0.5) is 0 Å². The minimum atomic E-state index is -1.98. The molecule has 0 radical (unpaired) electrons. The Morgan fingerprint density at radius 3 is 2.34 bits per heavy atom. The molecule has 10 heteroatoms. The van der Waals surface area contributed by atoms with Gasteiger partial charge in [0.25, 0.3) is 0 Å². The number of ketones is 2. The van der Waals surface area contributed by atoms with E-state index in [9.17, 15) is 34.2 Å². The van der Waals surface area contributed by atoms with Crippen molar-refractivity contribution in [1.29, 1.82) is 0 Å². The third-order valence-electron chi connectivity index (χ3n) is 6.69. The van der Waals surface area contributed by atoms with Crippen LogP contribution in [0.3, 0.4) is 0 Å². The van der Waals surface area contributed by atoms with E-state index in [4.69, 9.17) is 9.47 Å². The summed E-state index contributed by atoms with van der Waals surface area (Å²) >= 11 is 0. The Labute approximate surface area is 239 Å². The molecule has 1 saturated heterocycles. The number of hydrogen-bond acceptors (Lipinski definition) is 10. The first-order valence-corrected chi connectivity index (χ1v) is 13.2. The Bertz CT molecular complexity index is 1230. The standard InChI is InChI=1S/C31H38O10/c1-7-9-18(2)10-8-11-19(3)12-13-21-20(4)26(35)23(16-31(21,5)6)40-25(34)15-14-24(33)39-17-22(32)29-27(36)28(37)30(38)41-29/h7-13,22-23,28-29,32,37H,1,14-17H2,2-6H3/t22-,23?,28?,29+/m0/s1. The maximum Gasteiger partial charge on any atom is 0.343 e. The summed E-state index contributed by atoms with van der Waals surface area (Å²) in [4.78, 5) is 60.3. The van der Waals surface area contributed by atoms with E-state index in [0.29, 0.717) is 5.57 Å². The molecular formula is C31H38O10. The Balaban J connectivity index is 1.91. The highest BCUT2D eigenvalue weighted by Crippen LogP contribution is 2.40. The van der Waals surface area contributed by atoms with Gasteiger partial charge in [-0.3, -0.25) is 19.2 Å². The zero-order valence-electron chi connectivity index (χ0n) is 24.0. The smallest absolute Gasteiger partial charge is 0.343 e. The van der Waals surface area contributed by atoms with E-state index in [-0.39, 0.29) is 18.6 Å². The van der Waals surface area contributed by atoms with E-state index in [1.54, 1.807) is 13.0 Å².